The van der Waals surface area contributed by atoms with Crippen LogP contribution in [0.3, 0.4) is 0 Å². The number of hydrogen-bond acceptors (Lipinski definition) is 3. The summed E-state index contributed by atoms with van der Waals surface area (Å²) in [7, 11) is 1.55. The summed E-state index contributed by atoms with van der Waals surface area (Å²) in [6, 6.07) is 1.84. The van der Waals surface area contributed by atoms with Crippen molar-refractivity contribution < 1.29 is 9.66 Å². The van der Waals surface area contributed by atoms with Gasteiger partial charge in [-0.25, -0.2) is 0 Å². The molecule has 0 radical (unpaired) electrons. The minimum Gasteiger partial charge on any atom is -0.490 e. The van der Waals surface area contributed by atoms with E-state index in [-0.39, 0.29) is 27.4 Å². The van der Waals surface area contributed by atoms with Crippen LogP contribution in [0, 0.1) is 21.4 Å². The molecule has 0 amide bonds. The SMILES string of the molecule is COc1c([N+](=O)[O-])cc2c(c1C(C)C)CCC1C(C)(C)CCCC21C. The molecule has 4 nitrogen and oxygen atoms in total. The predicted molar refractivity (Wildman–Crippen MR) is 101 cm³/mol. The number of fused-ring (bicyclic) bond motifs is 3. The molecule has 0 aromatic heterocycles. The number of nitro benzene ring substituents is 1. The van der Waals surface area contributed by atoms with Crippen LogP contribution in [0.1, 0.15) is 82.9 Å². The van der Waals surface area contributed by atoms with Gasteiger partial charge >= 0.3 is 5.69 Å². The van der Waals surface area contributed by atoms with Gasteiger partial charge in [0.25, 0.3) is 0 Å². The van der Waals surface area contributed by atoms with Crippen LogP contribution in [0.4, 0.5) is 5.69 Å². The van der Waals surface area contributed by atoms with Gasteiger partial charge in [-0.3, -0.25) is 10.1 Å². The highest BCUT2D eigenvalue weighted by Gasteiger charge is 2.51. The summed E-state index contributed by atoms with van der Waals surface area (Å²) in [6.45, 7) is 11.3. The molecule has 0 aliphatic heterocycles. The van der Waals surface area contributed by atoms with E-state index in [0.29, 0.717) is 11.7 Å². The summed E-state index contributed by atoms with van der Waals surface area (Å²) >= 11 is 0. The Morgan fingerprint density at radius 3 is 2.52 bits per heavy atom. The van der Waals surface area contributed by atoms with Gasteiger partial charge in [0.2, 0.25) is 5.75 Å². The van der Waals surface area contributed by atoms with Crippen LogP contribution in [-0.4, -0.2) is 12.0 Å². The molecule has 3 rings (SSSR count). The van der Waals surface area contributed by atoms with Gasteiger partial charge in [0.15, 0.2) is 0 Å². The molecule has 2 unspecified atom stereocenters. The van der Waals surface area contributed by atoms with Crippen molar-refractivity contribution in [3.05, 3.63) is 32.9 Å². The van der Waals surface area contributed by atoms with E-state index in [2.05, 4.69) is 34.6 Å². The van der Waals surface area contributed by atoms with Crippen LogP contribution in [0.15, 0.2) is 6.07 Å². The van der Waals surface area contributed by atoms with Crippen molar-refractivity contribution >= 4 is 5.69 Å². The largest absolute Gasteiger partial charge is 0.490 e. The Morgan fingerprint density at radius 1 is 1.28 bits per heavy atom. The summed E-state index contributed by atoms with van der Waals surface area (Å²) in [4.78, 5) is 11.5. The number of nitrogens with zero attached hydrogens (tertiary/aromatic N) is 1. The Kier molecular flexibility index (Phi) is 4.37. The minimum absolute atomic E-state index is 0.0238. The van der Waals surface area contributed by atoms with Crippen LogP contribution < -0.4 is 4.74 Å². The first-order chi connectivity index (χ1) is 11.6. The summed E-state index contributed by atoms with van der Waals surface area (Å²) in [5, 5.41) is 11.8. The molecular weight excluding hydrogens is 314 g/mol. The maximum Gasteiger partial charge on any atom is 0.311 e. The second-order valence-corrected chi connectivity index (χ2v) is 9.13. The van der Waals surface area contributed by atoms with E-state index in [1.807, 2.05) is 6.07 Å². The van der Waals surface area contributed by atoms with Gasteiger partial charge in [0, 0.05) is 11.6 Å². The molecule has 1 aromatic carbocycles. The molecule has 1 saturated carbocycles. The first-order valence-corrected chi connectivity index (χ1v) is 9.52. The van der Waals surface area contributed by atoms with Gasteiger partial charge in [0.1, 0.15) is 0 Å². The van der Waals surface area contributed by atoms with Crippen molar-refractivity contribution in [2.24, 2.45) is 11.3 Å². The highest BCUT2D eigenvalue weighted by molar-refractivity contribution is 5.62. The van der Waals surface area contributed by atoms with Gasteiger partial charge < -0.3 is 4.74 Å². The fourth-order valence-electron chi connectivity index (χ4n) is 5.89. The fraction of sp³-hybridized carbons (Fsp3) is 0.714. The molecular formula is C21H31NO3. The molecule has 0 saturated heterocycles. The topological polar surface area (TPSA) is 52.4 Å². The van der Waals surface area contributed by atoms with Gasteiger partial charge in [-0.2, -0.15) is 0 Å². The average Bonchev–Trinajstić information content (AvgIpc) is 2.51. The minimum atomic E-state index is -0.272. The molecule has 4 heteroatoms. The standard InChI is InChI=1S/C21H31NO3/c1-13(2)18-14-8-9-17-20(3,4)10-7-11-21(17,5)15(14)12-16(22(23)24)19(18)25-6/h12-13,17H,7-11H2,1-6H3. The predicted octanol–water partition coefficient (Wildman–Crippen LogP) is 5.76. The molecule has 0 bridgehead atoms. The van der Waals surface area contributed by atoms with Crippen LogP contribution in [0.2, 0.25) is 0 Å². The highest BCUT2D eigenvalue weighted by Crippen LogP contribution is 2.59. The zero-order chi connectivity index (χ0) is 18.6. The van der Waals surface area contributed by atoms with Crippen molar-refractivity contribution in [3.8, 4) is 5.75 Å². The van der Waals surface area contributed by atoms with E-state index in [0.717, 1.165) is 24.8 Å². The number of rotatable bonds is 3. The highest BCUT2D eigenvalue weighted by atomic mass is 16.6. The van der Waals surface area contributed by atoms with Crippen molar-refractivity contribution in [1.82, 2.24) is 0 Å². The second-order valence-electron chi connectivity index (χ2n) is 9.13. The van der Waals surface area contributed by atoms with Gasteiger partial charge in [-0.15, -0.1) is 0 Å². The van der Waals surface area contributed by atoms with Gasteiger partial charge in [-0.05, 0) is 59.5 Å². The van der Waals surface area contributed by atoms with Crippen LogP contribution in [0.5, 0.6) is 5.75 Å². The van der Waals surface area contributed by atoms with E-state index < -0.39 is 0 Å². The number of hydrogen-bond donors (Lipinski definition) is 0. The van der Waals surface area contributed by atoms with Gasteiger partial charge in [0.05, 0.1) is 12.0 Å². The summed E-state index contributed by atoms with van der Waals surface area (Å²) in [5.74, 6) is 1.26. The number of ether oxygens (including phenoxy) is 1. The van der Waals surface area contributed by atoms with Crippen molar-refractivity contribution in [2.45, 2.75) is 78.1 Å². The lowest BCUT2D eigenvalue weighted by molar-refractivity contribution is -0.386. The molecule has 1 fully saturated rings. The Balaban J connectivity index is 2.30. The summed E-state index contributed by atoms with van der Waals surface area (Å²) in [6.07, 6.45) is 5.72. The molecule has 138 valence electrons. The zero-order valence-corrected chi connectivity index (χ0v) is 16.4. The Bertz CT molecular complexity index is 708. The first kappa shape index (κ1) is 18.2. The third-order valence-electron chi connectivity index (χ3n) is 6.91. The molecule has 25 heavy (non-hydrogen) atoms. The van der Waals surface area contributed by atoms with E-state index in [1.54, 1.807) is 7.11 Å². The Labute approximate surface area is 151 Å². The number of nitro groups is 1. The smallest absolute Gasteiger partial charge is 0.311 e. The molecule has 0 N–H and O–H groups in total. The zero-order valence-electron chi connectivity index (χ0n) is 16.4. The molecule has 0 heterocycles. The third-order valence-corrected chi connectivity index (χ3v) is 6.91. The normalized spacial score (nSPS) is 27.6. The fourth-order valence-corrected chi connectivity index (χ4v) is 5.89. The van der Waals surface area contributed by atoms with Crippen molar-refractivity contribution in [2.75, 3.05) is 7.11 Å². The second kappa shape index (κ2) is 6.00. The van der Waals surface area contributed by atoms with Gasteiger partial charge in [-0.1, -0.05) is 41.0 Å². The number of benzene rings is 1. The number of methoxy groups -OCH3 is 1. The molecule has 1 aromatic rings. The molecule has 2 aliphatic carbocycles. The van der Waals surface area contributed by atoms with Crippen LogP contribution in [-0.2, 0) is 11.8 Å². The van der Waals surface area contributed by atoms with E-state index in [9.17, 15) is 10.1 Å². The summed E-state index contributed by atoms with van der Waals surface area (Å²) in [5.41, 5.74) is 4.03. The van der Waals surface area contributed by atoms with E-state index >= 15 is 0 Å². The maximum atomic E-state index is 11.8. The summed E-state index contributed by atoms with van der Waals surface area (Å²) < 4.78 is 5.53. The maximum absolute atomic E-state index is 11.8. The third kappa shape index (κ3) is 2.65. The monoisotopic (exact) mass is 345 g/mol. The molecule has 2 aliphatic rings. The lowest BCUT2D eigenvalue weighted by Crippen LogP contribution is -2.48. The van der Waals surface area contributed by atoms with E-state index in [4.69, 9.17) is 4.74 Å². The molecule has 0 spiro atoms. The Morgan fingerprint density at radius 2 is 1.96 bits per heavy atom. The lowest BCUT2D eigenvalue weighted by Gasteiger charge is -2.54. The quantitative estimate of drug-likeness (QED) is 0.517. The van der Waals surface area contributed by atoms with Crippen molar-refractivity contribution in [3.63, 3.8) is 0 Å². The van der Waals surface area contributed by atoms with Crippen molar-refractivity contribution in [1.29, 1.82) is 0 Å². The molecule has 2 atom stereocenters. The Hall–Kier alpha value is -1.58. The first-order valence-electron chi connectivity index (χ1n) is 9.52. The van der Waals surface area contributed by atoms with Crippen LogP contribution >= 0.6 is 0 Å². The van der Waals surface area contributed by atoms with Crippen LogP contribution in [0.25, 0.3) is 0 Å². The van der Waals surface area contributed by atoms with E-state index in [1.165, 1.54) is 24.0 Å². The average molecular weight is 345 g/mol. The lowest BCUT2D eigenvalue weighted by atomic mass is 9.50.